The standard InChI is InChI=1S/C11H23N3O/c1-14-8-5-10(6-9-14)13-7-3-2-4-11(12)15/h10,13H,2-9H2,1H3,(H2,12,15). The van der Waals surface area contributed by atoms with Gasteiger partial charge >= 0.3 is 0 Å². The van der Waals surface area contributed by atoms with Crippen molar-refractivity contribution in [3.63, 3.8) is 0 Å². The number of rotatable bonds is 6. The van der Waals surface area contributed by atoms with Crippen molar-refractivity contribution in [2.24, 2.45) is 5.73 Å². The zero-order valence-electron chi connectivity index (χ0n) is 9.67. The summed E-state index contributed by atoms with van der Waals surface area (Å²) in [6, 6.07) is 0.676. The van der Waals surface area contributed by atoms with Gasteiger partial charge in [0, 0.05) is 12.5 Å². The number of hydrogen-bond acceptors (Lipinski definition) is 3. The molecule has 0 atom stereocenters. The summed E-state index contributed by atoms with van der Waals surface area (Å²) in [5.41, 5.74) is 5.07. The Hall–Kier alpha value is -0.610. The fourth-order valence-corrected chi connectivity index (χ4v) is 1.94. The zero-order chi connectivity index (χ0) is 11.1. The molecule has 0 aromatic heterocycles. The van der Waals surface area contributed by atoms with Crippen LogP contribution in [0, 0.1) is 0 Å². The van der Waals surface area contributed by atoms with Crippen molar-refractivity contribution in [2.45, 2.75) is 38.1 Å². The highest BCUT2D eigenvalue weighted by Gasteiger charge is 2.15. The molecule has 0 bridgehead atoms. The first-order chi connectivity index (χ1) is 7.18. The molecule has 1 saturated heterocycles. The normalized spacial score (nSPS) is 19.3. The van der Waals surface area contributed by atoms with Gasteiger partial charge < -0.3 is 16.0 Å². The van der Waals surface area contributed by atoms with Crippen LogP contribution in [0.15, 0.2) is 0 Å². The number of amides is 1. The third-order valence-electron chi connectivity index (χ3n) is 3.00. The molecule has 4 heteroatoms. The number of primary amides is 1. The lowest BCUT2D eigenvalue weighted by Crippen LogP contribution is -2.41. The summed E-state index contributed by atoms with van der Waals surface area (Å²) < 4.78 is 0. The number of carbonyl (C=O) groups is 1. The van der Waals surface area contributed by atoms with Crippen LogP contribution in [0.5, 0.6) is 0 Å². The van der Waals surface area contributed by atoms with E-state index in [0.29, 0.717) is 12.5 Å². The minimum Gasteiger partial charge on any atom is -0.370 e. The van der Waals surface area contributed by atoms with E-state index in [1.807, 2.05) is 0 Å². The molecular formula is C11H23N3O. The third-order valence-corrected chi connectivity index (χ3v) is 3.00. The molecule has 0 aromatic rings. The SMILES string of the molecule is CN1CCC(NCCCCC(N)=O)CC1. The summed E-state index contributed by atoms with van der Waals surface area (Å²) in [4.78, 5) is 12.9. The van der Waals surface area contributed by atoms with Crippen LogP contribution in [-0.2, 0) is 4.79 Å². The van der Waals surface area contributed by atoms with Crippen molar-refractivity contribution in [3.05, 3.63) is 0 Å². The molecule has 0 saturated carbocycles. The van der Waals surface area contributed by atoms with Gasteiger partial charge in [-0.25, -0.2) is 0 Å². The molecule has 88 valence electrons. The summed E-state index contributed by atoms with van der Waals surface area (Å²) in [5.74, 6) is -0.186. The minimum absolute atomic E-state index is 0.186. The fraction of sp³-hybridized carbons (Fsp3) is 0.909. The monoisotopic (exact) mass is 213 g/mol. The van der Waals surface area contributed by atoms with Crippen LogP contribution in [0.25, 0.3) is 0 Å². The molecule has 4 nitrogen and oxygen atoms in total. The van der Waals surface area contributed by atoms with Crippen molar-refractivity contribution in [3.8, 4) is 0 Å². The summed E-state index contributed by atoms with van der Waals surface area (Å²) >= 11 is 0. The molecule has 1 amide bonds. The molecule has 0 aromatic carbocycles. The summed E-state index contributed by atoms with van der Waals surface area (Å²) in [6.45, 7) is 3.40. The smallest absolute Gasteiger partial charge is 0.217 e. The summed E-state index contributed by atoms with van der Waals surface area (Å²) in [5, 5.41) is 3.54. The van der Waals surface area contributed by atoms with E-state index in [4.69, 9.17) is 5.73 Å². The Labute approximate surface area is 92.2 Å². The Morgan fingerprint density at radius 2 is 2.07 bits per heavy atom. The number of carbonyl (C=O) groups excluding carboxylic acids is 1. The molecule has 3 N–H and O–H groups in total. The lowest BCUT2D eigenvalue weighted by atomic mass is 10.1. The maximum atomic E-state index is 10.5. The average molecular weight is 213 g/mol. The maximum absolute atomic E-state index is 10.5. The van der Waals surface area contributed by atoms with Crippen LogP contribution < -0.4 is 11.1 Å². The molecule has 15 heavy (non-hydrogen) atoms. The topological polar surface area (TPSA) is 58.4 Å². The number of unbranched alkanes of at least 4 members (excludes halogenated alkanes) is 1. The number of nitrogens with one attached hydrogen (secondary N) is 1. The molecule has 1 aliphatic rings. The first-order valence-corrected chi connectivity index (χ1v) is 5.88. The average Bonchev–Trinajstić information content (AvgIpc) is 2.20. The van der Waals surface area contributed by atoms with Gasteiger partial charge in [-0.05, 0) is 52.4 Å². The fourth-order valence-electron chi connectivity index (χ4n) is 1.94. The molecule has 0 spiro atoms. The zero-order valence-corrected chi connectivity index (χ0v) is 9.67. The second-order valence-corrected chi connectivity index (χ2v) is 4.46. The molecule has 0 radical (unpaired) electrons. The van der Waals surface area contributed by atoms with E-state index in [9.17, 15) is 4.79 Å². The van der Waals surface area contributed by atoms with E-state index in [-0.39, 0.29) is 5.91 Å². The van der Waals surface area contributed by atoms with Crippen molar-refractivity contribution >= 4 is 5.91 Å². The molecular weight excluding hydrogens is 190 g/mol. The van der Waals surface area contributed by atoms with Crippen molar-refractivity contribution in [1.82, 2.24) is 10.2 Å². The number of hydrogen-bond donors (Lipinski definition) is 2. The Kier molecular flexibility index (Phi) is 5.65. The molecule has 1 fully saturated rings. The highest BCUT2D eigenvalue weighted by atomic mass is 16.1. The Bertz CT molecular complexity index is 188. The highest BCUT2D eigenvalue weighted by molar-refractivity contribution is 5.73. The molecule has 1 aliphatic heterocycles. The van der Waals surface area contributed by atoms with Gasteiger partial charge in [0.05, 0.1) is 0 Å². The van der Waals surface area contributed by atoms with Crippen LogP contribution in [0.2, 0.25) is 0 Å². The number of nitrogens with zero attached hydrogens (tertiary/aromatic N) is 1. The van der Waals surface area contributed by atoms with E-state index in [0.717, 1.165) is 19.4 Å². The maximum Gasteiger partial charge on any atom is 0.217 e. The van der Waals surface area contributed by atoms with Gasteiger partial charge in [-0.15, -0.1) is 0 Å². The third kappa shape index (κ3) is 5.74. The van der Waals surface area contributed by atoms with Gasteiger partial charge in [-0.1, -0.05) is 0 Å². The number of likely N-dealkylation sites (tertiary alicyclic amines) is 1. The second kappa shape index (κ2) is 6.80. The number of piperidine rings is 1. The van der Waals surface area contributed by atoms with Gasteiger partial charge in [-0.2, -0.15) is 0 Å². The summed E-state index contributed by atoms with van der Waals surface area (Å²) in [6.07, 6.45) is 4.97. The predicted octanol–water partition coefficient (Wildman–Crippen LogP) is 0.326. The van der Waals surface area contributed by atoms with E-state index in [1.54, 1.807) is 0 Å². The van der Waals surface area contributed by atoms with Crippen LogP contribution >= 0.6 is 0 Å². The highest BCUT2D eigenvalue weighted by Crippen LogP contribution is 2.08. The Morgan fingerprint density at radius 1 is 1.40 bits per heavy atom. The van der Waals surface area contributed by atoms with Crippen LogP contribution in [0.3, 0.4) is 0 Å². The van der Waals surface area contributed by atoms with E-state index in [2.05, 4.69) is 17.3 Å². The van der Waals surface area contributed by atoms with E-state index in [1.165, 1.54) is 25.9 Å². The van der Waals surface area contributed by atoms with Crippen LogP contribution in [0.4, 0.5) is 0 Å². The quantitative estimate of drug-likeness (QED) is 0.625. The first-order valence-electron chi connectivity index (χ1n) is 5.88. The minimum atomic E-state index is -0.186. The predicted molar refractivity (Wildman–Crippen MR) is 61.6 cm³/mol. The van der Waals surface area contributed by atoms with Crippen LogP contribution in [-0.4, -0.2) is 43.5 Å². The lowest BCUT2D eigenvalue weighted by molar-refractivity contribution is -0.118. The second-order valence-electron chi connectivity index (χ2n) is 4.46. The molecule has 1 rings (SSSR count). The molecule has 0 unspecified atom stereocenters. The van der Waals surface area contributed by atoms with Crippen LogP contribution in [0.1, 0.15) is 32.1 Å². The molecule has 1 heterocycles. The van der Waals surface area contributed by atoms with Gasteiger partial charge in [-0.3, -0.25) is 4.79 Å². The van der Waals surface area contributed by atoms with Gasteiger partial charge in [0.1, 0.15) is 0 Å². The first kappa shape index (κ1) is 12.5. The van der Waals surface area contributed by atoms with Crippen molar-refractivity contribution < 1.29 is 4.79 Å². The summed E-state index contributed by atoms with van der Waals surface area (Å²) in [7, 11) is 2.17. The Balaban J connectivity index is 1.94. The molecule has 0 aliphatic carbocycles. The van der Waals surface area contributed by atoms with Gasteiger partial charge in [0.25, 0.3) is 0 Å². The van der Waals surface area contributed by atoms with Crippen molar-refractivity contribution in [1.29, 1.82) is 0 Å². The van der Waals surface area contributed by atoms with E-state index < -0.39 is 0 Å². The van der Waals surface area contributed by atoms with E-state index >= 15 is 0 Å². The largest absolute Gasteiger partial charge is 0.370 e. The van der Waals surface area contributed by atoms with Gasteiger partial charge in [0.15, 0.2) is 0 Å². The lowest BCUT2D eigenvalue weighted by Gasteiger charge is -2.29. The van der Waals surface area contributed by atoms with Gasteiger partial charge in [0.2, 0.25) is 5.91 Å². The van der Waals surface area contributed by atoms with Crippen molar-refractivity contribution in [2.75, 3.05) is 26.7 Å². The number of nitrogens with two attached hydrogens (primary N) is 1. The Morgan fingerprint density at radius 3 is 2.67 bits per heavy atom.